The lowest BCUT2D eigenvalue weighted by Gasteiger charge is -2.40. The average Bonchev–Trinajstić information content (AvgIpc) is 3.22. The van der Waals surface area contributed by atoms with Crippen molar-refractivity contribution in [2.45, 2.75) is 31.5 Å². The molecule has 1 amide bonds. The number of aromatic nitrogens is 4. The van der Waals surface area contributed by atoms with Crippen LogP contribution in [0, 0.1) is 11.3 Å². The zero-order valence-electron chi connectivity index (χ0n) is 23.2. The molecule has 2 aliphatic heterocycles. The van der Waals surface area contributed by atoms with E-state index in [9.17, 15) is 14.9 Å². The number of nitriles is 1. The SMILES string of the molecule is CC(C)(C=C(C#N)C(=O)N1CC(n2c(=O)n(-c3ccc(Oc4ccccc4)cc3)c3c(N)ncnc32)C1)NC1COC1. The van der Waals surface area contributed by atoms with Crippen LogP contribution in [0.2, 0.25) is 0 Å². The number of amides is 1. The number of nitrogens with zero attached hydrogens (tertiary/aromatic N) is 6. The number of carbonyl (C=O) groups excluding carboxylic acids is 1. The van der Waals surface area contributed by atoms with E-state index in [0.29, 0.717) is 41.6 Å². The largest absolute Gasteiger partial charge is 0.457 e. The molecule has 12 heteroatoms. The average molecular weight is 567 g/mol. The summed E-state index contributed by atoms with van der Waals surface area (Å²) in [4.78, 5) is 37.1. The maximum Gasteiger partial charge on any atom is 0.335 e. The van der Waals surface area contributed by atoms with Crippen molar-refractivity contribution in [1.82, 2.24) is 29.3 Å². The molecule has 4 heterocycles. The van der Waals surface area contributed by atoms with Crippen molar-refractivity contribution in [2.75, 3.05) is 32.0 Å². The summed E-state index contributed by atoms with van der Waals surface area (Å²) in [7, 11) is 0. The molecular formula is C30H30N8O4. The normalized spacial score (nSPS) is 16.1. The molecule has 12 nitrogen and oxygen atoms in total. The summed E-state index contributed by atoms with van der Waals surface area (Å²) >= 11 is 0. The van der Waals surface area contributed by atoms with E-state index in [2.05, 4.69) is 15.3 Å². The number of carbonyl (C=O) groups is 1. The van der Waals surface area contributed by atoms with E-state index < -0.39 is 5.54 Å². The van der Waals surface area contributed by atoms with Gasteiger partial charge in [-0.2, -0.15) is 5.26 Å². The van der Waals surface area contributed by atoms with Crippen molar-refractivity contribution in [2.24, 2.45) is 0 Å². The Morgan fingerprint density at radius 1 is 1.12 bits per heavy atom. The molecule has 0 atom stereocenters. The first kappa shape index (κ1) is 27.2. The molecule has 2 saturated heterocycles. The molecule has 2 aliphatic rings. The highest BCUT2D eigenvalue weighted by Gasteiger charge is 2.37. The van der Waals surface area contributed by atoms with Gasteiger partial charge in [0.15, 0.2) is 11.5 Å². The lowest BCUT2D eigenvalue weighted by atomic mass is 9.98. The second kappa shape index (κ2) is 10.8. The number of rotatable bonds is 8. The fraction of sp³-hybridized carbons (Fsp3) is 0.300. The van der Waals surface area contributed by atoms with Crippen molar-refractivity contribution in [3.05, 3.63) is 83.1 Å². The monoisotopic (exact) mass is 566 g/mol. The van der Waals surface area contributed by atoms with Gasteiger partial charge in [0.1, 0.15) is 35.0 Å². The van der Waals surface area contributed by atoms with Gasteiger partial charge in [0.05, 0.1) is 31.0 Å². The molecule has 0 aliphatic carbocycles. The van der Waals surface area contributed by atoms with Gasteiger partial charge >= 0.3 is 5.69 Å². The Bertz CT molecular complexity index is 1760. The van der Waals surface area contributed by atoms with Gasteiger partial charge in [-0.15, -0.1) is 0 Å². The number of imidazole rings is 1. The number of nitrogens with one attached hydrogen (secondary N) is 1. The Kier molecular flexibility index (Phi) is 6.97. The number of ether oxygens (including phenoxy) is 2. The number of para-hydroxylation sites is 1. The minimum Gasteiger partial charge on any atom is -0.457 e. The highest BCUT2D eigenvalue weighted by molar-refractivity contribution is 5.98. The maximum absolute atomic E-state index is 13.8. The van der Waals surface area contributed by atoms with Gasteiger partial charge in [0.25, 0.3) is 5.91 Å². The van der Waals surface area contributed by atoms with E-state index in [0.717, 1.165) is 0 Å². The zero-order chi connectivity index (χ0) is 29.4. The summed E-state index contributed by atoms with van der Waals surface area (Å²) in [5, 5.41) is 13.1. The third kappa shape index (κ3) is 5.11. The van der Waals surface area contributed by atoms with E-state index in [1.807, 2.05) is 50.2 Å². The second-order valence-corrected chi connectivity index (χ2v) is 11.0. The molecule has 2 fully saturated rings. The molecule has 0 saturated carbocycles. The molecule has 4 aromatic rings. The van der Waals surface area contributed by atoms with E-state index in [1.54, 1.807) is 39.8 Å². The van der Waals surface area contributed by atoms with Gasteiger partial charge in [-0.1, -0.05) is 18.2 Å². The van der Waals surface area contributed by atoms with Crippen LogP contribution in [0.25, 0.3) is 16.9 Å². The Balaban J connectivity index is 1.24. The van der Waals surface area contributed by atoms with Gasteiger partial charge in [0, 0.05) is 18.6 Å². The van der Waals surface area contributed by atoms with Gasteiger partial charge < -0.3 is 25.4 Å². The van der Waals surface area contributed by atoms with Crippen LogP contribution in [0.3, 0.4) is 0 Å². The van der Waals surface area contributed by atoms with E-state index in [4.69, 9.17) is 15.2 Å². The van der Waals surface area contributed by atoms with Crippen LogP contribution in [-0.4, -0.2) is 67.8 Å². The summed E-state index contributed by atoms with van der Waals surface area (Å²) in [5.41, 5.74) is 6.69. The predicted molar refractivity (Wildman–Crippen MR) is 155 cm³/mol. The van der Waals surface area contributed by atoms with Crippen LogP contribution in [0.4, 0.5) is 5.82 Å². The number of nitrogen functional groups attached to an aromatic ring is 1. The number of fused-ring (bicyclic) bond motifs is 1. The summed E-state index contributed by atoms with van der Waals surface area (Å²) in [5.74, 6) is 1.09. The smallest absolute Gasteiger partial charge is 0.335 e. The Labute approximate surface area is 241 Å². The van der Waals surface area contributed by atoms with Crippen LogP contribution in [0.1, 0.15) is 19.9 Å². The fourth-order valence-electron chi connectivity index (χ4n) is 5.27. The summed E-state index contributed by atoms with van der Waals surface area (Å²) in [6.07, 6.45) is 2.97. The molecule has 0 spiro atoms. The lowest BCUT2D eigenvalue weighted by molar-refractivity contribution is -0.132. The van der Waals surface area contributed by atoms with Crippen LogP contribution < -0.4 is 21.5 Å². The minimum absolute atomic E-state index is 0.0466. The van der Waals surface area contributed by atoms with Crippen LogP contribution >= 0.6 is 0 Å². The molecule has 2 aromatic carbocycles. The topological polar surface area (TPSA) is 153 Å². The zero-order valence-corrected chi connectivity index (χ0v) is 23.2. The number of benzene rings is 2. The van der Waals surface area contributed by atoms with Crippen molar-refractivity contribution in [1.29, 1.82) is 5.26 Å². The molecule has 3 N–H and O–H groups in total. The lowest BCUT2D eigenvalue weighted by Crippen LogP contribution is -2.55. The Hall–Kier alpha value is -4.99. The fourth-order valence-corrected chi connectivity index (χ4v) is 5.27. The number of anilines is 1. The maximum atomic E-state index is 13.8. The predicted octanol–water partition coefficient (Wildman–Crippen LogP) is 2.56. The molecule has 42 heavy (non-hydrogen) atoms. The van der Waals surface area contributed by atoms with E-state index >= 15 is 0 Å². The molecule has 2 aromatic heterocycles. The third-order valence-corrected chi connectivity index (χ3v) is 7.34. The van der Waals surface area contributed by atoms with Crippen LogP contribution in [0.5, 0.6) is 11.5 Å². The number of hydrogen-bond donors (Lipinski definition) is 2. The summed E-state index contributed by atoms with van der Waals surface area (Å²) < 4.78 is 14.1. The number of nitrogens with two attached hydrogens (primary N) is 1. The van der Waals surface area contributed by atoms with Gasteiger partial charge in [0.2, 0.25) is 0 Å². The van der Waals surface area contributed by atoms with Gasteiger partial charge in [-0.05, 0) is 56.3 Å². The quantitative estimate of drug-likeness (QED) is 0.242. The molecule has 0 bridgehead atoms. The van der Waals surface area contributed by atoms with Crippen molar-refractivity contribution >= 4 is 22.9 Å². The highest BCUT2D eigenvalue weighted by Crippen LogP contribution is 2.29. The number of hydrogen-bond acceptors (Lipinski definition) is 9. The minimum atomic E-state index is -0.570. The summed E-state index contributed by atoms with van der Waals surface area (Å²) in [6.45, 7) is 5.51. The third-order valence-electron chi connectivity index (χ3n) is 7.34. The second-order valence-electron chi connectivity index (χ2n) is 11.0. The molecule has 0 unspecified atom stereocenters. The van der Waals surface area contributed by atoms with E-state index in [-0.39, 0.29) is 48.2 Å². The van der Waals surface area contributed by atoms with Crippen molar-refractivity contribution in [3.63, 3.8) is 0 Å². The molecule has 0 radical (unpaired) electrons. The van der Waals surface area contributed by atoms with Crippen molar-refractivity contribution in [3.8, 4) is 23.3 Å². The van der Waals surface area contributed by atoms with Crippen molar-refractivity contribution < 1.29 is 14.3 Å². The van der Waals surface area contributed by atoms with Crippen LogP contribution in [0.15, 0.2) is 77.4 Å². The Morgan fingerprint density at radius 3 is 2.45 bits per heavy atom. The number of likely N-dealkylation sites (tertiary alicyclic amines) is 1. The highest BCUT2D eigenvalue weighted by atomic mass is 16.5. The van der Waals surface area contributed by atoms with E-state index in [1.165, 1.54) is 10.9 Å². The first-order valence-corrected chi connectivity index (χ1v) is 13.6. The Morgan fingerprint density at radius 2 is 1.81 bits per heavy atom. The molecular weight excluding hydrogens is 536 g/mol. The van der Waals surface area contributed by atoms with Gasteiger partial charge in [-0.3, -0.25) is 13.9 Å². The summed E-state index contributed by atoms with van der Waals surface area (Å²) in [6, 6.07) is 18.3. The standard InChI is InChI=1S/C30H30N8O4/c1-30(2,35-20-16-41-17-20)12-19(13-31)28(39)36-14-22(15-36)38-27-25(26(32)33-18-34-27)37(29(38)40)21-8-10-24(11-9-21)42-23-6-4-3-5-7-23/h3-12,18,20,22,35H,14-17H2,1-2H3,(H2,32,33,34). The van der Waals surface area contributed by atoms with Crippen LogP contribution in [-0.2, 0) is 9.53 Å². The van der Waals surface area contributed by atoms with Gasteiger partial charge in [-0.25, -0.2) is 14.8 Å². The first-order valence-electron chi connectivity index (χ1n) is 13.6. The molecule has 214 valence electrons. The molecule has 6 rings (SSSR count). The first-order chi connectivity index (χ1) is 20.2.